The van der Waals surface area contributed by atoms with Crippen LogP contribution in [0, 0.1) is 0 Å². The summed E-state index contributed by atoms with van der Waals surface area (Å²) in [5, 5.41) is 15.2. The van der Waals surface area contributed by atoms with Gasteiger partial charge in [0.25, 0.3) is 5.91 Å². The van der Waals surface area contributed by atoms with Crippen molar-refractivity contribution in [3.05, 3.63) is 29.6 Å². The molecule has 1 atom stereocenters. The van der Waals surface area contributed by atoms with E-state index in [-0.39, 0.29) is 5.91 Å². The Morgan fingerprint density at radius 1 is 1.29 bits per heavy atom. The third-order valence-electron chi connectivity index (χ3n) is 3.78. The molecule has 4 rings (SSSR count). The van der Waals surface area contributed by atoms with Crippen LogP contribution < -0.4 is 10.2 Å². The summed E-state index contributed by atoms with van der Waals surface area (Å²) in [4.78, 5) is 13.4. The van der Waals surface area contributed by atoms with Crippen molar-refractivity contribution in [2.75, 3.05) is 18.0 Å². The smallest absolute Gasteiger partial charge is 0.255 e. The van der Waals surface area contributed by atoms with E-state index in [1.165, 1.54) is 0 Å². The van der Waals surface area contributed by atoms with E-state index in [1.54, 1.807) is 23.0 Å². The Bertz CT molecular complexity index is 697. The number of fused-ring (bicyclic) bond motifs is 1. The fraction of sp³-hybridized carbons (Fsp3) is 0.385. The van der Waals surface area contributed by atoms with Gasteiger partial charge in [-0.25, -0.2) is 9.07 Å². The predicted molar refractivity (Wildman–Crippen MR) is 72.1 cm³/mol. The van der Waals surface area contributed by atoms with Gasteiger partial charge in [0, 0.05) is 12.7 Å². The Morgan fingerprint density at radius 3 is 2.76 bits per heavy atom. The van der Waals surface area contributed by atoms with Crippen LogP contribution in [0.25, 0.3) is 5.82 Å². The highest BCUT2D eigenvalue weighted by atomic mass is 19.1. The summed E-state index contributed by atoms with van der Waals surface area (Å²) in [6.45, 7) is 1.47. The van der Waals surface area contributed by atoms with Crippen molar-refractivity contribution in [2.24, 2.45) is 0 Å². The molecule has 21 heavy (non-hydrogen) atoms. The average molecular weight is 288 g/mol. The maximum Gasteiger partial charge on any atom is 0.255 e. The maximum absolute atomic E-state index is 13.2. The second-order valence-electron chi connectivity index (χ2n) is 5.20. The summed E-state index contributed by atoms with van der Waals surface area (Å²) in [7, 11) is 0. The summed E-state index contributed by atoms with van der Waals surface area (Å²) in [6, 6.07) is 3.57. The van der Waals surface area contributed by atoms with Gasteiger partial charge in [-0.2, -0.15) is 5.10 Å². The normalized spacial score (nSPS) is 20.7. The Morgan fingerprint density at radius 2 is 2.10 bits per heavy atom. The molecule has 4 heterocycles. The van der Waals surface area contributed by atoms with E-state index < -0.39 is 6.17 Å². The fourth-order valence-corrected chi connectivity index (χ4v) is 2.64. The standard InChI is InChI=1S/C13H13FN6O/c14-8-3-4-19(6-8)11-1-2-12(17-16-11)20-7-9-10(18-20)5-15-13(9)21/h1-2,7-8H,3-6H2,(H,15,21)/t8-/m1/s1. The number of anilines is 1. The van der Waals surface area contributed by atoms with Gasteiger partial charge < -0.3 is 10.2 Å². The molecule has 108 valence electrons. The maximum atomic E-state index is 13.2. The third-order valence-corrected chi connectivity index (χ3v) is 3.78. The molecule has 7 nitrogen and oxygen atoms in total. The largest absolute Gasteiger partial charge is 0.352 e. The quantitative estimate of drug-likeness (QED) is 0.868. The molecule has 1 fully saturated rings. The Kier molecular flexibility index (Phi) is 2.63. The van der Waals surface area contributed by atoms with E-state index in [0.29, 0.717) is 48.9 Å². The number of aromatic nitrogens is 4. The lowest BCUT2D eigenvalue weighted by atomic mass is 10.3. The average Bonchev–Trinajstić information content (AvgIpc) is 3.17. The first-order valence-electron chi connectivity index (χ1n) is 6.80. The van der Waals surface area contributed by atoms with Crippen molar-refractivity contribution in [2.45, 2.75) is 19.1 Å². The number of hydrogen-bond acceptors (Lipinski definition) is 5. The van der Waals surface area contributed by atoms with Crippen LogP contribution in [-0.4, -0.2) is 45.1 Å². The van der Waals surface area contributed by atoms with Crippen LogP contribution >= 0.6 is 0 Å². The first-order chi connectivity index (χ1) is 10.2. The highest BCUT2D eigenvalue weighted by molar-refractivity contribution is 5.97. The van der Waals surface area contributed by atoms with E-state index in [1.807, 2.05) is 4.90 Å². The van der Waals surface area contributed by atoms with Gasteiger partial charge >= 0.3 is 0 Å². The minimum atomic E-state index is -0.793. The molecular formula is C13H13FN6O. The Balaban J connectivity index is 1.59. The molecule has 0 spiro atoms. The lowest BCUT2D eigenvalue weighted by molar-refractivity contribution is 0.0965. The zero-order chi connectivity index (χ0) is 14.4. The van der Waals surface area contributed by atoms with Gasteiger partial charge in [0.1, 0.15) is 6.17 Å². The zero-order valence-corrected chi connectivity index (χ0v) is 11.2. The molecule has 2 aromatic rings. The molecular weight excluding hydrogens is 275 g/mol. The van der Waals surface area contributed by atoms with Gasteiger partial charge in [-0.3, -0.25) is 4.79 Å². The van der Waals surface area contributed by atoms with E-state index in [9.17, 15) is 9.18 Å². The Hall–Kier alpha value is -2.51. The number of carbonyl (C=O) groups is 1. The van der Waals surface area contributed by atoms with Crippen molar-refractivity contribution in [1.29, 1.82) is 0 Å². The topological polar surface area (TPSA) is 75.9 Å². The number of nitrogens with zero attached hydrogens (tertiary/aromatic N) is 5. The van der Waals surface area contributed by atoms with E-state index >= 15 is 0 Å². The summed E-state index contributed by atoms with van der Waals surface area (Å²) in [5.41, 5.74) is 1.28. The highest BCUT2D eigenvalue weighted by Gasteiger charge is 2.25. The predicted octanol–water partition coefficient (Wildman–Crippen LogP) is 0.454. The van der Waals surface area contributed by atoms with Gasteiger partial charge in [0.15, 0.2) is 11.6 Å². The van der Waals surface area contributed by atoms with Crippen LogP contribution in [0.15, 0.2) is 18.3 Å². The molecule has 8 heteroatoms. The second kappa shape index (κ2) is 4.51. The van der Waals surface area contributed by atoms with E-state index in [2.05, 4.69) is 20.6 Å². The number of amides is 1. The molecule has 0 bridgehead atoms. The minimum absolute atomic E-state index is 0.119. The molecule has 0 aliphatic carbocycles. The lowest BCUT2D eigenvalue weighted by Gasteiger charge is -2.15. The summed E-state index contributed by atoms with van der Waals surface area (Å²) in [5.74, 6) is 1.08. The van der Waals surface area contributed by atoms with Crippen molar-refractivity contribution in [3.63, 3.8) is 0 Å². The van der Waals surface area contributed by atoms with Crippen LogP contribution in [0.4, 0.5) is 10.2 Å². The van der Waals surface area contributed by atoms with E-state index in [4.69, 9.17) is 0 Å². The molecule has 0 aromatic carbocycles. The minimum Gasteiger partial charge on any atom is -0.352 e. The number of carbonyl (C=O) groups excluding carboxylic acids is 1. The van der Waals surface area contributed by atoms with Crippen LogP contribution in [0.1, 0.15) is 22.5 Å². The molecule has 2 aliphatic heterocycles. The summed E-state index contributed by atoms with van der Waals surface area (Å²) < 4.78 is 14.7. The van der Waals surface area contributed by atoms with Gasteiger partial charge in [-0.1, -0.05) is 0 Å². The van der Waals surface area contributed by atoms with Gasteiger partial charge in [-0.05, 0) is 18.6 Å². The molecule has 0 saturated carbocycles. The second-order valence-corrected chi connectivity index (χ2v) is 5.20. The van der Waals surface area contributed by atoms with Crippen molar-refractivity contribution in [3.8, 4) is 5.82 Å². The lowest BCUT2D eigenvalue weighted by Crippen LogP contribution is -2.21. The highest BCUT2D eigenvalue weighted by Crippen LogP contribution is 2.20. The molecule has 1 amide bonds. The zero-order valence-electron chi connectivity index (χ0n) is 11.2. The van der Waals surface area contributed by atoms with Gasteiger partial charge in [0.05, 0.1) is 24.3 Å². The number of rotatable bonds is 2. The first kappa shape index (κ1) is 12.2. The Labute approximate surface area is 119 Å². The number of hydrogen-bond donors (Lipinski definition) is 1. The van der Waals surface area contributed by atoms with Gasteiger partial charge in [-0.15, -0.1) is 10.2 Å². The van der Waals surface area contributed by atoms with Crippen LogP contribution in [0.3, 0.4) is 0 Å². The van der Waals surface area contributed by atoms with Crippen molar-refractivity contribution in [1.82, 2.24) is 25.3 Å². The SMILES string of the molecule is O=C1NCc2nn(-c3ccc(N4CC[C@@H](F)C4)nn3)cc21. The first-order valence-corrected chi connectivity index (χ1v) is 6.80. The molecule has 0 unspecified atom stereocenters. The molecule has 2 aliphatic rings. The van der Waals surface area contributed by atoms with Gasteiger partial charge in [0.2, 0.25) is 0 Å². The van der Waals surface area contributed by atoms with E-state index in [0.717, 1.165) is 0 Å². The molecule has 0 radical (unpaired) electrons. The van der Waals surface area contributed by atoms with Crippen LogP contribution in [-0.2, 0) is 6.54 Å². The summed E-state index contributed by atoms with van der Waals surface area (Å²) >= 11 is 0. The van der Waals surface area contributed by atoms with Crippen molar-refractivity contribution < 1.29 is 9.18 Å². The number of nitrogens with one attached hydrogen (secondary N) is 1. The van der Waals surface area contributed by atoms with Crippen molar-refractivity contribution >= 4 is 11.7 Å². The van der Waals surface area contributed by atoms with Crippen LogP contribution in [0.5, 0.6) is 0 Å². The molecule has 1 saturated heterocycles. The summed E-state index contributed by atoms with van der Waals surface area (Å²) in [6.07, 6.45) is 1.39. The number of halogens is 1. The molecule has 2 aromatic heterocycles. The molecule has 1 N–H and O–H groups in total. The fourth-order valence-electron chi connectivity index (χ4n) is 2.64. The third kappa shape index (κ3) is 2.03. The van der Waals surface area contributed by atoms with Crippen LogP contribution in [0.2, 0.25) is 0 Å². The monoisotopic (exact) mass is 288 g/mol. The number of alkyl halides is 1.